The van der Waals surface area contributed by atoms with Gasteiger partial charge in [-0.3, -0.25) is 10.1 Å². The summed E-state index contributed by atoms with van der Waals surface area (Å²) in [6, 6.07) is 6.71. The third kappa shape index (κ3) is 3.49. The van der Waals surface area contributed by atoms with Crippen LogP contribution in [0.4, 0.5) is 10.1 Å². The predicted octanol–water partition coefficient (Wildman–Crippen LogP) is 3.07. The highest BCUT2D eigenvalue weighted by molar-refractivity contribution is 6.20. The van der Waals surface area contributed by atoms with Crippen molar-refractivity contribution in [1.29, 1.82) is 0 Å². The van der Waals surface area contributed by atoms with Crippen LogP contribution in [0.5, 0.6) is 11.5 Å². The first-order valence-electron chi connectivity index (χ1n) is 6.59. The number of carboxylic acid groups (broad SMARTS) is 1. The van der Waals surface area contributed by atoms with E-state index in [1.54, 1.807) is 0 Å². The highest BCUT2D eigenvalue weighted by atomic mass is 19.1. The van der Waals surface area contributed by atoms with Crippen molar-refractivity contribution in [3.63, 3.8) is 0 Å². The molecule has 0 radical (unpaired) electrons. The van der Waals surface area contributed by atoms with Gasteiger partial charge in [0.2, 0.25) is 0 Å². The van der Waals surface area contributed by atoms with Crippen LogP contribution in [0.15, 0.2) is 36.4 Å². The van der Waals surface area contributed by atoms with Crippen molar-refractivity contribution in [2.24, 2.45) is 0 Å². The van der Waals surface area contributed by atoms with Crippen LogP contribution in [0.25, 0.3) is 11.6 Å². The third-order valence-electron chi connectivity index (χ3n) is 3.21. The van der Waals surface area contributed by atoms with E-state index in [-0.39, 0.29) is 28.1 Å². The molecule has 2 aromatic carbocycles. The molecule has 124 valence electrons. The molecule has 0 saturated heterocycles. The summed E-state index contributed by atoms with van der Waals surface area (Å²) < 4.78 is 17.8. The standard InChI is InChI=1S/C16H12FNO6/c1-24-14-8-12(18(22)23)6-10(15(14)19)7-13(16(20)21)9-2-4-11(17)5-3-9/h2-8,19H,1H3,(H,20,21)/b13-7-. The number of carboxylic acids is 1. The zero-order valence-corrected chi connectivity index (χ0v) is 12.4. The normalized spacial score (nSPS) is 11.2. The summed E-state index contributed by atoms with van der Waals surface area (Å²) in [5, 5.41) is 30.4. The van der Waals surface area contributed by atoms with Gasteiger partial charge in [0.1, 0.15) is 5.82 Å². The zero-order chi connectivity index (χ0) is 17.9. The van der Waals surface area contributed by atoms with Gasteiger partial charge in [-0.1, -0.05) is 12.1 Å². The molecule has 0 aromatic heterocycles. The molecular formula is C16H12FNO6. The lowest BCUT2D eigenvalue weighted by atomic mass is 10.0. The maximum Gasteiger partial charge on any atom is 0.336 e. The van der Waals surface area contributed by atoms with Gasteiger partial charge in [0, 0.05) is 11.6 Å². The molecular weight excluding hydrogens is 321 g/mol. The van der Waals surface area contributed by atoms with Crippen LogP contribution < -0.4 is 4.74 Å². The van der Waals surface area contributed by atoms with E-state index in [2.05, 4.69) is 0 Å². The zero-order valence-electron chi connectivity index (χ0n) is 12.4. The molecule has 0 saturated carbocycles. The average molecular weight is 333 g/mol. The van der Waals surface area contributed by atoms with Crippen molar-refractivity contribution >= 4 is 23.3 Å². The van der Waals surface area contributed by atoms with Gasteiger partial charge in [-0.15, -0.1) is 0 Å². The van der Waals surface area contributed by atoms with E-state index < -0.39 is 22.5 Å². The van der Waals surface area contributed by atoms with Crippen LogP contribution >= 0.6 is 0 Å². The second kappa shape index (κ2) is 6.78. The Kier molecular flexibility index (Phi) is 4.78. The molecule has 2 N–H and O–H groups in total. The number of nitrogens with zero attached hydrogens (tertiary/aromatic N) is 1. The summed E-state index contributed by atoms with van der Waals surface area (Å²) in [7, 11) is 1.21. The predicted molar refractivity (Wildman–Crippen MR) is 83.2 cm³/mol. The number of hydrogen-bond acceptors (Lipinski definition) is 5. The summed E-state index contributed by atoms with van der Waals surface area (Å²) in [6.07, 6.45) is 1.06. The molecule has 0 amide bonds. The van der Waals surface area contributed by atoms with Gasteiger partial charge in [-0.2, -0.15) is 0 Å². The number of nitro groups is 1. The number of hydrogen-bond donors (Lipinski definition) is 2. The van der Waals surface area contributed by atoms with E-state index >= 15 is 0 Å². The maximum absolute atomic E-state index is 13.0. The molecule has 7 nitrogen and oxygen atoms in total. The molecule has 0 atom stereocenters. The average Bonchev–Trinajstić information content (AvgIpc) is 2.54. The number of rotatable bonds is 5. The maximum atomic E-state index is 13.0. The van der Waals surface area contributed by atoms with Crippen LogP contribution in [0.1, 0.15) is 11.1 Å². The fourth-order valence-electron chi connectivity index (χ4n) is 2.04. The van der Waals surface area contributed by atoms with E-state index in [1.807, 2.05) is 0 Å². The molecule has 0 aliphatic rings. The fraction of sp³-hybridized carbons (Fsp3) is 0.0625. The number of phenolic OH excluding ortho intramolecular Hbond substituents is 1. The molecule has 24 heavy (non-hydrogen) atoms. The summed E-state index contributed by atoms with van der Waals surface area (Å²) >= 11 is 0. The molecule has 0 fully saturated rings. The van der Waals surface area contributed by atoms with Crippen LogP contribution in [0.2, 0.25) is 0 Å². The van der Waals surface area contributed by atoms with E-state index in [0.29, 0.717) is 0 Å². The van der Waals surface area contributed by atoms with Crippen molar-refractivity contribution in [1.82, 2.24) is 0 Å². The van der Waals surface area contributed by atoms with Gasteiger partial charge < -0.3 is 14.9 Å². The summed E-state index contributed by atoms with van der Waals surface area (Å²) in [5.74, 6) is -2.49. The highest BCUT2D eigenvalue weighted by Gasteiger charge is 2.18. The number of phenols is 1. The number of aliphatic carboxylic acids is 1. The van der Waals surface area contributed by atoms with Crippen LogP contribution in [0.3, 0.4) is 0 Å². The molecule has 0 heterocycles. The molecule has 0 spiro atoms. The fourth-order valence-corrected chi connectivity index (χ4v) is 2.04. The Bertz CT molecular complexity index is 829. The highest BCUT2D eigenvalue weighted by Crippen LogP contribution is 2.36. The van der Waals surface area contributed by atoms with E-state index in [4.69, 9.17) is 4.74 Å². The van der Waals surface area contributed by atoms with E-state index in [9.17, 15) is 29.5 Å². The largest absolute Gasteiger partial charge is 0.504 e. The Hall–Kier alpha value is -3.42. The number of methoxy groups -OCH3 is 1. The molecule has 2 aromatic rings. The summed E-state index contributed by atoms with van der Waals surface area (Å²) in [5.41, 5.74) is -0.579. The second-order valence-electron chi connectivity index (χ2n) is 4.71. The number of ether oxygens (including phenoxy) is 1. The molecule has 8 heteroatoms. The van der Waals surface area contributed by atoms with Gasteiger partial charge in [-0.05, 0) is 23.8 Å². The number of halogens is 1. The van der Waals surface area contributed by atoms with Crippen molar-refractivity contribution < 1.29 is 29.1 Å². The minimum atomic E-state index is -1.34. The minimum absolute atomic E-state index is 0.109. The van der Waals surface area contributed by atoms with Gasteiger partial charge >= 0.3 is 5.97 Å². The SMILES string of the molecule is COc1cc([N+](=O)[O-])cc(/C=C(\C(=O)O)c2ccc(F)cc2)c1O. The van der Waals surface area contributed by atoms with Gasteiger partial charge in [-0.25, -0.2) is 9.18 Å². The van der Waals surface area contributed by atoms with E-state index in [0.717, 1.165) is 30.3 Å². The van der Waals surface area contributed by atoms with Gasteiger partial charge in [0.25, 0.3) is 5.69 Å². The Morgan fingerprint density at radius 3 is 2.42 bits per heavy atom. The Labute approximate surface area is 135 Å². The number of benzene rings is 2. The minimum Gasteiger partial charge on any atom is -0.504 e. The summed E-state index contributed by atoms with van der Waals surface area (Å²) in [4.78, 5) is 21.7. The first-order chi connectivity index (χ1) is 11.3. The monoisotopic (exact) mass is 333 g/mol. The first kappa shape index (κ1) is 16.9. The smallest absolute Gasteiger partial charge is 0.336 e. The van der Waals surface area contributed by atoms with Crippen LogP contribution in [-0.2, 0) is 4.79 Å². The lowest BCUT2D eigenvalue weighted by molar-refractivity contribution is -0.385. The summed E-state index contributed by atoms with van der Waals surface area (Å²) in [6.45, 7) is 0. The lowest BCUT2D eigenvalue weighted by Gasteiger charge is -2.08. The van der Waals surface area contributed by atoms with Crippen molar-refractivity contribution in [3.05, 3.63) is 63.5 Å². The molecule has 0 bridgehead atoms. The van der Waals surface area contributed by atoms with Crippen LogP contribution in [-0.4, -0.2) is 28.2 Å². The van der Waals surface area contributed by atoms with Crippen molar-refractivity contribution in [3.8, 4) is 11.5 Å². The quantitative estimate of drug-likeness (QED) is 0.376. The molecule has 0 aliphatic heterocycles. The van der Waals surface area contributed by atoms with Gasteiger partial charge in [0.05, 0.1) is 23.7 Å². The topological polar surface area (TPSA) is 110 Å². The van der Waals surface area contributed by atoms with Crippen LogP contribution in [0, 0.1) is 15.9 Å². The Balaban J connectivity index is 2.65. The Morgan fingerprint density at radius 2 is 1.92 bits per heavy atom. The third-order valence-corrected chi connectivity index (χ3v) is 3.21. The van der Waals surface area contributed by atoms with E-state index in [1.165, 1.54) is 19.2 Å². The second-order valence-corrected chi connectivity index (χ2v) is 4.71. The number of non-ortho nitro benzene ring substituents is 1. The number of carbonyl (C=O) groups is 1. The number of aromatic hydroxyl groups is 1. The Morgan fingerprint density at radius 1 is 1.29 bits per heavy atom. The number of nitro benzene ring substituents is 1. The van der Waals surface area contributed by atoms with Gasteiger partial charge in [0.15, 0.2) is 11.5 Å². The molecule has 0 unspecified atom stereocenters. The van der Waals surface area contributed by atoms with Crippen molar-refractivity contribution in [2.45, 2.75) is 0 Å². The molecule has 2 rings (SSSR count). The lowest BCUT2D eigenvalue weighted by Crippen LogP contribution is -2.00. The molecule has 0 aliphatic carbocycles. The van der Waals surface area contributed by atoms with Crippen molar-refractivity contribution in [2.75, 3.05) is 7.11 Å². The first-order valence-corrected chi connectivity index (χ1v) is 6.59.